The molecule has 2 rings (SSSR count). The molecule has 2 saturated heterocycles. The van der Waals surface area contributed by atoms with Gasteiger partial charge in [0.25, 0.3) is 0 Å². The molecule has 0 saturated carbocycles. The molecule has 0 radical (unpaired) electrons. The van der Waals surface area contributed by atoms with Crippen molar-refractivity contribution in [2.24, 2.45) is 0 Å². The van der Waals surface area contributed by atoms with Crippen molar-refractivity contribution < 1.29 is 63.5 Å². The number of rotatable bonds is 14. The second-order valence-corrected chi connectivity index (χ2v) is 9.11. The highest BCUT2D eigenvalue weighted by molar-refractivity contribution is 5.66. The predicted molar refractivity (Wildman–Crippen MR) is 125 cm³/mol. The van der Waals surface area contributed by atoms with E-state index in [-0.39, 0.29) is 13.2 Å². The molecule has 4 unspecified atom stereocenters. The van der Waals surface area contributed by atoms with Gasteiger partial charge in [0.2, 0.25) is 0 Å². The first-order valence-electron chi connectivity index (χ1n) is 12.4. The number of hydrogen-bond acceptors (Lipinski definition) is 13. The van der Waals surface area contributed by atoms with Crippen LogP contribution in [0.15, 0.2) is 12.7 Å². The normalized spacial score (nSPS) is 36.1. The summed E-state index contributed by atoms with van der Waals surface area (Å²) < 4.78 is 32.4. The van der Waals surface area contributed by atoms with Crippen molar-refractivity contribution in [3.05, 3.63) is 12.7 Å². The topological polar surface area (TPSA) is 191 Å². The second-order valence-electron chi connectivity index (χ2n) is 9.11. The molecule has 2 aliphatic rings. The van der Waals surface area contributed by atoms with Gasteiger partial charge in [-0.3, -0.25) is 9.59 Å². The molecule has 37 heavy (non-hydrogen) atoms. The fourth-order valence-electron chi connectivity index (χ4n) is 4.01. The van der Waals surface area contributed by atoms with Gasteiger partial charge in [-0.15, -0.1) is 6.58 Å². The molecule has 0 aromatic carbocycles. The van der Waals surface area contributed by atoms with E-state index in [1.54, 1.807) is 0 Å². The second kappa shape index (κ2) is 15.7. The van der Waals surface area contributed by atoms with Crippen LogP contribution >= 0.6 is 0 Å². The lowest BCUT2D eigenvalue weighted by Crippen LogP contribution is -2.65. The molecule has 0 spiro atoms. The Balaban J connectivity index is 2.05. The molecule has 10 atom stereocenters. The minimum atomic E-state index is -1.77. The van der Waals surface area contributed by atoms with Gasteiger partial charge in [0, 0.05) is 20.5 Å². The first-order chi connectivity index (χ1) is 17.6. The van der Waals surface area contributed by atoms with Gasteiger partial charge in [-0.1, -0.05) is 18.9 Å². The minimum absolute atomic E-state index is 0.251. The van der Waals surface area contributed by atoms with Gasteiger partial charge in [0.05, 0.1) is 0 Å². The molecule has 0 aromatic heterocycles. The number of aliphatic hydroxyl groups is 5. The lowest BCUT2D eigenvalue weighted by atomic mass is 9.97. The summed E-state index contributed by atoms with van der Waals surface area (Å²) >= 11 is 0. The summed E-state index contributed by atoms with van der Waals surface area (Å²) in [6, 6.07) is 0. The SMILES string of the molecule is C=CCCCCCCO[C@@H]1OC(COC(C)=O)[C@@H](O[C@@H]2OC(COC(C)=O)[C@H](O)C(O)[C@@H]2O)C(O)[C@@H]1O. The summed E-state index contributed by atoms with van der Waals surface area (Å²) in [5.74, 6) is -1.29. The number of unbranched alkanes of at least 4 members (excludes halogenated alkanes) is 4. The standard InChI is InChI=1S/C24H40O13/c1-4-5-6-7-8-9-10-32-23-21(31)19(29)22(16(36-23)12-34-14(3)26)37-24-20(30)18(28)17(27)15(35-24)11-33-13(2)25/h4,15-24,27-31H,1,5-12H2,2-3H3/t15?,16?,17-,18?,19?,20-,21-,22+,23+,24-/m0/s1. The highest BCUT2D eigenvalue weighted by atomic mass is 16.7. The van der Waals surface area contributed by atoms with Gasteiger partial charge in [0.15, 0.2) is 12.6 Å². The van der Waals surface area contributed by atoms with Crippen LogP contribution in [0, 0.1) is 0 Å². The van der Waals surface area contributed by atoms with E-state index in [0.717, 1.165) is 32.6 Å². The minimum Gasteiger partial charge on any atom is -0.463 e. The Hall–Kier alpha value is -1.68. The third-order valence-electron chi connectivity index (χ3n) is 6.09. The number of carbonyl (C=O) groups excluding carboxylic acids is 2. The van der Waals surface area contributed by atoms with Crippen LogP contribution in [0.25, 0.3) is 0 Å². The molecule has 2 aliphatic heterocycles. The quantitative estimate of drug-likeness (QED) is 0.102. The van der Waals surface area contributed by atoms with E-state index in [1.807, 2.05) is 6.08 Å². The molecule has 2 heterocycles. The van der Waals surface area contributed by atoms with Crippen LogP contribution in [0.4, 0.5) is 0 Å². The summed E-state index contributed by atoms with van der Waals surface area (Å²) in [7, 11) is 0. The molecule has 0 bridgehead atoms. The summed E-state index contributed by atoms with van der Waals surface area (Å²) in [6.45, 7) is 5.44. The molecular formula is C24H40O13. The van der Waals surface area contributed by atoms with Crippen LogP contribution in [-0.4, -0.2) is 119 Å². The summed E-state index contributed by atoms with van der Waals surface area (Å²) in [5, 5.41) is 52.2. The number of esters is 2. The largest absolute Gasteiger partial charge is 0.463 e. The monoisotopic (exact) mass is 536 g/mol. The molecular weight excluding hydrogens is 496 g/mol. The van der Waals surface area contributed by atoms with E-state index in [4.69, 9.17) is 28.4 Å². The van der Waals surface area contributed by atoms with Gasteiger partial charge in [-0.25, -0.2) is 0 Å². The first-order valence-corrected chi connectivity index (χ1v) is 12.4. The Bertz CT molecular complexity index is 719. The maximum atomic E-state index is 11.4. The number of allylic oxidation sites excluding steroid dienone is 1. The van der Waals surface area contributed by atoms with Crippen LogP contribution in [-0.2, 0) is 38.0 Å². The van der Waals surface area contributed by atoms with Gasteiger partial charge < -0.3 is 54.0 Å². The number of aliphatic hydroxyl groups excluding tert-OH is 5. The molecule has 0 aromatic rings. The van der Waals surface area contributed by atoms with Crippen LogP contribution in [0.3, 0.4) is 0 Å². The van der Waals surface area contributed by atoms with Crippen molar-refractivity contribution >= 4 is 11.9 Å². The lowest BCUT2D eigenvalue weighted by Gasteiger charge is -2.46. The maximum absolute atomic E-state index is 11.4. The highest BCUT2D eigenvalue weighted by Gasteiger charge is 2.51. The average molecular weight is 537 g/mol. The van der Waals surface area contributed by atoms with Crippen molar-refractivity contribution in [2.45, 2.75) is 107 Å². The van der Waals surface area contributed by atoms with Crippen molar-refractivity contribution in [3.8, 4) is 0 Å². The average Bonchev–Trinajstić information content (AvgIpc) is 2.85. The van der Waals surface area contributed by atoms with Gasteiger partial charge in [-0.05, 0) is 19.3 Å². The number of carbonyl (C=O) groups is 2. The molecule has 0 amide bonds. The van der Waals surface area contributed by atoms with Crippen LogP contribution in [0.2, 0.25) is 0 Å². The summed E-state index contributed by atoms with van der Waals surface area (Å²) in [5.41, 5.74) is 0. The molecule has 13 heteroatoms. The molecule has 0 aliphatic carbocycles. The maximum Gasteiger partial charge on any atom is 0.302 e. The van der Waals surface area contributed by atoms with Crippen LogP contribution < -0.4 is 0 Å². The Morgan fingerprint density at radius 3 is 1.95 bits per heavy atom. The summed E-state index contributed by atoms with van der Waals surface area (Å²) in [6.07, 6.45) is -8.60. The number of ether oxygens (including phenoxy) is 6. The van der Waals surface area contributed by atoms with E-state index in [1.165, 1.54) is 6.92 Å². The highest BCUT2D eigenvalue weighted by Crippen LogP contribution is 2.30. The van der Waals surface area contributed by atoms with E-state index in [2.05, 4.69) is 6.58 Å². The van der Waals surface area contributed by atoms with E-state index in [9.17, 15) is 35.1 Å². The van der Waals surface area contributed by atoms with E-state index < -0.39 is 80.0 Å². The Labute approximate surface area is 215 Å². The van der Waals surface area contributed by atoms with E-state index in [0.29, 0.717) is 6.42 Å². The zero-order valence-corrected chi connectivity index (χ0v) is 21.2. The molecule has 2 fully saturated rings. The Morgan fingerprint density at radius 2 is 1.32 bits per heavy atom. The van der Waals surface area contributed by atoms with Crippen molar-refractivity contribution in [3.63, 3.8) is 0 Å². The zero-order chi connectivity index (χ0) is 27.5. The Kier molecular flexibility index (Phi) is 13.4. The van der Waals surface area contributed by atoms with Crippen molar-refractivity contribution in [2.75, 3.05) is 19.8 Å². The van der Waals surface area contributed by atoms with Crippen LogP contribution in [0.5, 0.6) is 0 Å². The smallest absolute Gasteiger partial charge is 0.302 e. The first kappa shape index (κ1) is 31.5. The fourth-order valence-corrected chi connectivity index (χ4v) is 4.01. The summed E-state index contributed by atoms with van der Waals surface area (Å²) in [4.78, 5) is 22.5. The zero-order valence-electron chi connectivity index (χ0n) is 21.2. The predicted octanol–water partition coefficient (Wildman–Crippen LogP) is -1.09. The third kappa shape index (κ3) is 9.53. The molecule has 13 nitrogen and oxygen atoms in total. The van der Waals surface area contributed by atoms with Crippen LogP contribution in [0.1, 0.15) is 46.0 Å². The van der Waals surface area contributed by atoms with Crippen molar-refractivity contribution in [1.29, 1.82) is 0 Å². The Morgan fingerprint density at radius 1 is 0.757 bits per heavy atom. The molecule has 214 valence electrons. The van der Waals surface area contributed by atoms with Crippen molar-refractivity contribution in [1.82, 2.24) is 0 Å². The third-order valence-corrected chi connectivity index (χ3v) is 6.09. The fraction of sp³-hybridized carbons (Fsp3) is 0.833. The number of hydrogen-bond donors (Lipinski definition) is 5. The van der Waals surface area contributed by atoms with Gasteiger partial charge >= 0.3 is 11.9 Å². The van der Waals surface area contributed by atoms with Gasteiger partial charge in [0.1, 0.15) is 62.0 Å². The molecule has 5 N–H and O–H groups in total. The lowest BCUT2D eigenvalue weighted by molar-refractivity contribution is -0.359. The van der Waals surface area contributed by atoms with Gasteiger partial charge in [-0.2, -0.15) is 0 Å². The van der Waals surface area contributed by atoms with E-state index >= 15 is 0 Å².